The van der Waals surface area contributed by atoms with E-state index in [1.807, 2.05) is 0 Å². The van der Waals surface area contributed by atoms with Gasteiger partial charge in [-0.15, -0.1) is 0 Å². The fraction of sp³-hybridized carbons (Fsp3) is 0.667. The lowest BCUT2D eigenvalue weighted by Gasteiger charge is -2.39. The average molecular weight is 342 g/mol. The highest BCUT2D eigenvalue weighted by atomic mass is 16.5. The van der Waals surface area contributed by atoms with E-state index in [4.69, 9.17) is 4.74 Å². The second-order valence-electron chi connectivity index (χ2n) is 8.16. The monoisotopic (exact) mass is 342 g/mol. The molecule has 25 heavy (non-hydrogen) atoms. The fourth-order valence-corrected chi connectivity index (χ4v) is 4.76. The van der Waals surface area contributed by atoms with E-state index in [-0.39, 0.29) is 5.92 Å². The summed E-state index contributed by atoms with van der Waals surface area (Å²) in [5, 5.41) is 0. The van der Waals surface area contributed by atoms with Crippen molar-refractivity contribution < 1.29 is 9.53 Å². The predicted molar refractivity (Wildman–Crippen MR) is 98.1 cm³/mol. The zero-order chi connectivity index (χ0) is 17.1. The normalized spacial score (nSPS) is 24.7. The molecule has 3 saturated heterocycles. The Hall–Kier alpha value is -1.39. The van der Waals surface area contributed by atoms with E-state index in [1.165, 1.54) is 24.8 Å². The first-order chi connectivity index (χ1) is 12.2. The van der Waals surface area contributed by atoms with E-state index in [0.717, 1.165) is 58.8 Å². The van der Waals surface area contributed by atoms with Gasteiger partial charge in [-0.3, -0.25) is 9.69 Å². The molecule has 0 unspecified atom stereocenters. The van der Waals surface area contributed by atoms with Gasteiger partial charge in [-0.25, -0.2) is 0 Å². The summed E-state index contributed by atoms with van der Waals surface area (Å²) in [6.45, 7) is 6.84. The van der Waals surface area contributed by atoms with E-state index in [1.54, 1.807) is 0 Å². The van der Waals surface area contributed by atoms with Crippen LogP contribution in [0.2, 0.25) is 0 Å². The number of likely N-dealkylation sites (tertiary alicyclic amines) is 2. The Morgan fingerprint density at radius 1 is 1.04 bits per heavy atom. The summed E-state index contributed by atoms with van der Waals surface area (Å²) in [5.74, 6) is 0.606. The zero-order valence-electron chi connectivity index (χ0n) is 15.2. The topological polar surface area (TPSA) is 32.8 Å². The summed E-state index contributed by atoms with van der Waals surface area (Å²) in [6.07, 6.45) is 5.48. The maximum atomic E-state index is 12.8. The van der Waals surface area contributed by atoms with Crippen LogP contribution < -0.4 is 0 Å². The number of nitrogens with zero attached hydrogens (tertiary/aromatic N) is 2. The molecule has 0 saturated carbocycles. The van der Waals surface area contributed by atoms with Gasteiger partial charge < -0.3 is 9.64 Å². The quantitative estimate of drug-likeness (QED) is 0.847. The number of ether oxygens (including phenoxy) is 1. The maximum Gasteiger partial charge on any atom is 0.225 e. The zero-order valence-corrected chi connectivity index (χ0v) is 15.2. The summed E-state index contributed by atoms with van der Waals surface area (Å²) in [5.41, 5.74) is 1.79. The average Bonchev–Trinajstić information content (AvgIpc) is 3.09. The van der Waals surface area contributed by atoms with Crippen molar-refractivity contribution in [3.8, 4) is 0 Å². The number of carbonyl (C=O) groups is 1. The standard InChI is InChI=1S/C21H30N2O2/c24-20(19-6-14-25-15-7-19)23-13-10-21(17-23)8-11-22(12-9-21)16-18-4-2-1-3-5-18/h1-5,19H,6-17H2. The molecule has 1 spiro atoms. The molecule has 4 nitrogen and oxygen atoms in total. The highest BCUT2D eigenvalue weighted by molar-refractivity contribution is 5.79. The van der Waals surface area contributed by atoms with Crippen LogP contribution >= 0.6 is 0 Å². The van der Waals surface area contributed by atoms with Crippen LogP contribution in [0.4, 0.5) is 0 Å². The van der Waals surface area contributed by atoms with Crippen molar-refractivity contribution in [2.24, 2.45) is 11.3 Å². The number of hydrogen-bond acceptors (Lipinski definition) is 3. The maximum absolute atomic E-state index is 12.8. The van der Waals surface area contributed by atoms with Gasteiger partial charge in [0.25, 0.3) is 0 Å². The molecule has 3 aliphatic heterocycles. The van der Waals surface area contributed by atoms with Gasteiger partial charge in [-0.2, -0.15) is 0 Å². The smallest absolute Gasteiger partial charge is 0.225 e. The van der Waals surface area contributed by atoms with Crippen molar-refractivity contribution in [2.75, 3.05) is 39.4 Å². The van der Waals surface area contributed by atoms with Crippen LogP contribution in [0.5, 0.6) is 0 Å². The van der Waals surface area contributed by atoms with Gasteiger partial charge in [0.2, 0.25) is 5.91 Å². The van der Waals surface area contributed by atoms with Gasteiger partial charge in [0.05, 0.1) is 0 Å². The Morgan fingerprint density at radius 3 is 2.44 bits per heavy atom. The van der Waals surface area contributed by atoms with Crippen molar-refractivity contribution in [2.45, 2.75) is 38.6 Å². The van der Waals surface area contributed by atoms with Crippen molar-refractivity contribution in [1.29, 1.82) is 0 Å². The SMILES string of the molecule is O=C(C1CCOCC1)N1CCC2(CCN(Cc3ccccc3)CC2)C1. The van der Waals surface area contributed by atoms with Gasteiger partial charge in [0.15, 0.2) is 0 Å². The number of piperidine rings is 1. The summed E-state index contributed by atoms with van der Waals surface area (Å²) in [6, 6.07) is 10.8. The molecule has 136 valence electrons. The van der Waals surface area contributed by atoms with Crippen molar-refractivity contribution in [1.82, 2.24) is 9.80 Å². The number of benzene rings is 1. The summed E-state index contributed by atoms with van der Waals surface area (Å²) in [4.78, 5) is 17.5. The van der Waals surface area contributed by atoms with E-state index in [2.05, 4.69) is 40.1 Å². The largest absolute Gasteiger partial charge is 0.381 e. The van der Waals surface area contributed by atoms with Gasteiger partial charge in [-0.05, 0) is 56.2 Å². The lowest BCUT2D eigenvalue weighted by atomic mass is 9.77. The molecule has 4 heteroatoms. The second-order valence-corrected chi connectivity index (χ2v) is 8.16. The predicted octanol–water partition coefficient (Wildman–Crippen LogP) is 2.93. The number of hydrogen-bond donors (Lipinski definition) is 0. The Labute approximate surface area is 151 Å². The van der Waals surface area contributed by atoms with E-state index in [9.17, 15) is 4.79 Å². The molecule has 1 aromatic rings. The van der Waals surface area contributed by atoms with Gasteiger partial charge in [0.1, 0.15) is 0 Å². The van der Waals surface area contributed by atoms with Gasteiger partial charge in [-0.1, -0.05) is 30.3 Å². The van der Waals surface area contributed by atoms with Crippen molar-refractivity contribution in [3.63, 3.8) is 0 Å². The molecule has 1 aromatic carbocycles. The first kappa shape index (κ1) is 17.0. The third-order valence-corrected chi connectivity index (χ3v) is 6.49. The summed E-state index contributed by atoms with van der Waals surface area (Å²) < 4.78 is 5.41. The minimum Gasteiger partial charge on any atom is -0.381 e. The third kappa shape index (κ3) is 3.90. The molecular weight excluding hydrogens is 312 g/mol. The first-order valence-corrected chi connectivity index (χ1v) is 9.87. The molecule has 3 heterocycles. The van der Waals surface area contributed by atoms with Crippen LogP contribution in [0, 0.1) is 11.3 Å². The summed E-state index contributed by atoms with van der Waals surface area (Å²) in [7, 11) is 0. The number of rotatable bonds is 3. The molecule has 0 aromatic heterocycles. The molecule has 0 N–H and O–H groups in total. The summed E-state index contributed by atoms with van der Waals surface area (Å²) >= 11 is 0. The van der Waals surface area contributed by atoms with Crippen LogP contribution in [0.3, 0.4) is 0 Å². The van der Waals surface area contributed by atoms with Crippen molar-refractivity contribution >= 4 is 5.91 Å². The number of amides is 1. The number of carbonyl (C=O) groups excluding carboxylic acids is 1. The molecule has 0 radical (unpaired) electrons. The molecule has 3 fully saturated rings. The molecule has 0 bridgehead atoms. The lowest BCUT2D eigenvalue weighted by molar-refractivity contribution is -0.138. The van der Waals surface area contributed by atoms with Gasteiger partial charge in [0, 0.05) is 38.8 Å². The van der Waals surface area contributed by atoms with E-state index < -0.39 is 0 Å². The highest BCUT2D eigenvalue weighted by Gasteiger charge is 2.43. The molecule has 3 aliphatic rings. The molecule has 0 atom stereocenters. The molecule has 4 rings (SSSR count). The van der Waals surface area contributed by atoms with Crippen LogP contribution in [0.15, 0.2) is 30.3 Å². The Balaban J connectivity index is 1.29. The van der Waals surface area contributed by atoms with Gasteiger partial charge >= 0.3 is 0 Å². The van der Waals surface area contributed by atoms with E-state index >= 15 is 0 Å². The minimum absolute atomic E-state index is 0.210. The Morgan fingerprint density at radius 2 is 1.72 bits per heavy atom. The Kier molecular flexibility index (Phi) is 5.09. The molecule has 1 amide bonds. The second kappa shape index (κ2) is 7.46. The highest BCUT2D eigenvalue weighted by Crippen LogP contribution is 2.41. The fourth-order valence-electron chi connectivity index (χ4n) is 4.76. The molecule has 0 aliphatic carbocycles. The lowest BCUT2D eigenvalue weighted by Crippen LogP contribution is -2.43. The van der Waals surface area contributed by atoms with Crippen LogP contribution in [0.1, 0.15) is 37.7 Å². The van der Waals surface area contributed by atoms with Crippen LogP contribution in [-0.4, -0.2) is 55.1 Å². The van der Waals surface area contributed by atoms with E-state index in [0.29, 0.717) is 11.3 Å². The van der Waals surface area contributed by atoms with Crippen molar-refractivity contribution in [3.05, 3.63) is 35.9 Å². The first-order valence-electron chi connectivity index (χ1n) is 9.87. The van der Waals surface area contributed by atoms with Crippen LogP contribution in [-0.2, 0) is 16.1 Å². The third-order valence-electron chi connectivity index (χ3n) is 6.49. The molecular formula is C21H30N2O2. The Bertz CT molecular complexity index is 575. The minimum atomic E-state index is 0.210. The van der Waals surface area contributed by atoms with Crippen LogP contribution in [0.25, 0.3) is 0 Å².